The molecular weight excluding hydrogens is 1380 g/mol. The van der Waals surface area contributed by atoms with Gasteiger partial charge in [-0.25, -0.2) is 0 Å². The number of carbonyl (C=O) groups excluding carboxylic acids is 7. The molecule has 0 aromatic heterocycles. The Kier molecular flexibility index (Phi) is 49.6. The Labute approximate surface area is 606 Å². The summed E-state index contributed by atoms with van der Waals surface area (Å²) in [6.07, 6.45) is -10.7. The Morgan fingerprint density at radius 1 is 0.288 bits per heavy atom. The number of nitrogens with one attached hydrogen (secondary N) is 7. The molecule has 7 amide bonds. The van der Waals surface area contributed by atoms with Crippen LogP contribution in [0.2, 0.25) is 0 Å². The number of aliphatic carboxylic acids is 1. The first-order chi connectivity index (χ1) is 50.0. The normalized spacial score (nSPS) is 25.3. The molecule has 3 rings (SSSR count). The summed E-state index contributed by atoms with van der Waals surface area (Å²) in [5, 5.41) is 147. The van der Waals surface area contributed by atoms with Crippen LogP contribution in [0.1, 0.15) is 161 Å². The Balaban J connectivity index is 1.51. The van der Waals surface area contributed by atoms with Gasteiger partial charge in [0.1, 0.15) is 78.8 Å². The molecule has 0 aromatic rings. The number of aliphatic hydroxyl groups excluding tert-OH is 12. The third kappa shape index (κ3) is 39.2. The topological polar surface area (TPSA) is 567 Å². The lowest BCUT2D eigenvalue weighted by molar-refractivity contribution is -0.301. The Morgan fingerprint density at radius 3 is 0.817 bits per heavy atom. The number of hydrogen-bond acceptors (Lipinski definition) is 29. The van der Waals surface area contributed by atoms with Crippen LogP contribution in [0, 0.1) is 0 Å². The average molecular weight is 1500 g/mol. The predicted octanol–water partition coefficient (Wildman–Crippen LogP) is -5.13. The number of carboxylic acid groups (broad SMARTS) is 1. The van der Waals surface area contributed by atoms with Gasteiger partial charge in [0, 0.05) is 110 Å². The number of aliphatic hydroxyl groups is 12. The molecule has 104 heavy (non-hydrogen) atoms. The highest BCUT2D eigenvalue weighted by molar-refractivity contribution is 5.78. The van der Waals surface area contributed by atoms with Crippen molar-refractivity contribution in [2.45, 2.75) is 258 Å². The van der Waals surface area contributed by atoms with Crippen LogP contribution in [0.25, 0.3) is 0 Å². The first kappa shape index (κ1) is 93.1. The van der Waals surface area contributed by atoms with Crippen LogP contribution >= 0.6 is 0 Å². The van der Waals surface area contributed by atoms with E-state index in [4.69, 9.17) is 47.7 Å². The van der Waals surface area contributed by atoms with Crippen molar-refractivity contribution in [3.63, 3.8) is 0 Å². The molecule has 3 aliphatic rings. The maximum atomic E-state index is 13.8. The van der Waals surface area contributed by atoms with Crippen molar-refractivity contribution >= 4 is 47.3 Å². The molecule has 0 bridgehead atoms. The summed E-state index contributed by atoms with van der Waals surface area (Å²) in [6, 6.07) is 0. The highest BCUT2D eigenvalue weighted by atomic mass is 16.7. The number of ether oxygens (including phenoxy) is 9. The lowest BCUT2D eigenvalue weighted by Gasteiger charge is -2.39. The van der Waals surface area contributed by atoms with Gasteiger partial charge in [0.2, 0.25) is 41.4 Å². The summed E-state index contributed by atoms with van der Waals surface area (Å²) < 4.78 is 50.5. The molecule has 20 N–H and O–H groups in total. The van der Waals surface area contributed by atoms with E-state index < -0.39 is 123 Å². The van der Waals surface area contributed by atoms with Gasteiger partial charge in [-0.3, -0.25) is 38.4 Å². The minimum absolute atomic E-state index is 0.0659. The summed E-state index contributed by atoms with van der Waals surface area (Å²) in [4.78, 5) is 101. The first-order valence-electron chi connectivity index (χ1n) is 36.6. The molecule has 604 valence electrons. The zero-order chi connectivity index (χ0) is 76.5. The van der Waals surface area contributed by atoms with E-state index in [1.54, 1.807) is 0 Å². The Hall–Kier alpha value is -5.08. The zero-order valence-corrected chi connectivity index (χ0v) is 59.8. The van der Waals surface area contributed by atoms with Gasteiger partial charge in [-0.15, -0.1) is 0 Å². The van der Waals surface area contributed by atoms with Gasteiger partial charge < -0.3 is 146 Å². The smallest absolute Gasteiger partial charge is 0.303 e. The molecule has 37 heteroatoms. The van der Waals surface area contributed by atoms with Crippen molar-refractivity contribution in [2.75, 3.05) is 119 Å². The van der Waals surface area contributed by atoms with Gasteiger partial charge in [-0.05, 0) is 70.6 Å². The SMILES string of the molecule is O=C(O)CCCCCCCCCCC(=O)NC(COCCC(=O)NCCCNC(=O)CCCCO[C@H]1OC(CO)[C@@H](O)C(O)C1O)(COCCC(=O)NCCCNC(=O)CCCCO[C@H]1OC(CO)[C@@H](O)C(O)C1O)COCCC(=O)NCCCNC(=O)CCCCO[C@H]1OC(CO)[C@@H](O)C(O)[C@H]1O. The predicted molar refractivity (Wildman–Crippen MR) is 364 cm³/mol. The van der Waals surface area contributed by atoms with Gasteiger partial charge in [-0.1, -0.05) is 38.5 Å². The van der Waals surface area contributed by atoms with Crippen molar-refractivity contribution in [3.8, 4) is 0 Å². The van der Waals surface area contributed by atoms with Crippen LogP contribution < -0.4 is 37.2 Å². The lowest BCUT2D eigenvalue weighted by Crippen LogP contribution is -2.59. The van der Waals surface area contributed by atoms with E-state index in [1.807, 2.05) is 0 Å². The van der Waals surface area contributed by atoms with Crippen LogP contribution in [0.15, 0.2) is 0 Å². The summed E-state index contributed by atoms with van der Waals surface area (Å²) >= 11 is 0. The summed E-state index contributed by atoms with van der Waals surface area (Å²) in [5.74, 6) is -3.04. The highest BCUT2D eigenvalue weighted by Gasteiger charge is 2.46. The van der Waals surface area contributed by atoms with Gasteiger partial charge in [0.05, 0.1) is 59.5 Å². The standard InChI is InChI=1S/C67H121N7O30/c75-38-44-55(87)58(90)61(93)64(102-44)99-32-12-9-18-47(78)68-26-15-29-71-50(81)23-35-96-41-67(74-53(84)21-7-5-3-1-2-4-6-8-22-54(85)86,42-97-36-24-51(82)72-30-16-27-69-48(79)19-10-13-33-100-65-62(94)59(91)56(88)45(39-76)103-65)43-98-37-25-52(83)73-31-17-28-70-49(80)20-11-14-34-101-66-63(95)60(92)57(89)46(40-77)104-66/h44-46,55-66,75-77,87-95H,1-43H2,(H,68,78)(H,69,79)(H,70,80)(H,71,81)(H,72,82)(H,73,83)(H,74,84)(H,85,86)/t44?,45?,46?,55-,56-,57-,58?,59?,60?,61-,62?,63?,64+,65+,66+,67?/m1/s1. The minimum atomic E-state index is -1.57. The molecule has 3 saturated heterocycles. The molecule has 3 fully saturated rings. The lowest BCUT2D eigenvalue weighted by atomic mass is 9.99. The second-order valence-electron chi connectivity index (χ2n) is 26.2. The van der Waals surface area contributed by atoms with Gasteiger partial charge in [-0.2, -0.15) is 0 Å². The van der Waals surface area contributed by atoms with Crippen LogP contribution in [0.3, 0.4) is 0 Å². The van der Waals surface area contributed by atoms with E-state index >= 15 is 0 Å². The van der Waals surface area contributed by atoms with Crippen LogP contribution in [0.5, 0.6) is 0 Å². The van der Waals surface area contributed by atoms with Gasteiger partial charge >= 0.3 is 5.97 Å². The van der Waals surface area contributed by atoms with E-state index in [2.05, 4.69) is 37.2 Å². The average Bonchev–Trinajstić information content (AvgIpc) is 0.839. The molecule has 0 radical (unpaired) electrons. The third-order valence-corrected chi connectivity index (χ3v) is 17.3. The number of hydrogen-bond donors (Lipinski definition) is 20. The van der Waals surface area contributed by atoms with Crippen molar-refractivity contribution in [1.82, 2.24) is 37.2 Å². The van der Waals surface area contributed by atoms with E-state index in [-0.39, 0.29) is 191 Å². The molecule has 8 unspecified atom stereocenters. The summed E-state index contributed by atoms with van der Waals surface area (Å²) in [7, 11) is 0. The Bertz CT molecular complexity index is 2180. The monoisotopic (exact) mass is 1500 g/mol. The second kappa shape index (κ2) is 55.3. The van der Waals surface area contributed by atoms with Crippen molar-refractivity contribution in [3.05, 3.63) is 0 Å². The van der Waals surface area contributed by atoms with E-state index in [1.165, 1.54) is 0 Å². The molecular formula is C67H121N7O30. The van der Waals surface area contributed by atoms with Crippen LogP contribution in [-0.2, 0) is 81.0 Å². The fraction of sp³-hybridized carbons (Fsp3) is 0.881. The summed E-state index contributed by atoms with van der Waals surface area (Å²) in [6.45, 7) is -1.22. The quantitative estimate of drug-likeness (QED) is 0.0253. The first-order valence-corrected chi connectivity index (χ1v) is 36.6. The zero-order valence-electron chi connectivity index (χ0n) is 59.8. The Morgan fingerprint density at radius 2 is 0.538 bits per heavy atom. The number of carboxylic acids is 1. The van der Waals surface area contributed by atoms with Crippen LogP contribution in [0.4, 0.5) is 0 Å². The number of carbonyl (C=O) groups is 8. The number of rotatable bonds is 60. The second-order valence-corrected chi connectivity index (χ2v) is 26.2. The largest absolute Gasteiger partial charge is 0.481 e. The molecule has 3 heterocycles. The van der Waals surface area contributed by atoms with Crippen molar-refractivity contribution < 1.29 is 147 Å². The molecule has 37 nitrogen and oxygen atoms in total. The maximum Gasteiger partial charge on any atom is 0.303 e. The maximum absolute atomic E-state index is 13.8. The van der Waals surface area contributed by atoms with E-state index in [0.29, 0.717) is 70.6 Å². The molecule has 0 saturated carbocycles. The van der Waals surface area contributed by atoms with Crippen molar-refractivity contribution in [2.24, 2.45) is 0 Å². The number of unbranched alkanes of at least 4 members (excludes halogenated alkanes) is 10. The van der Waals surface area contributed by atoms with Gasteiger partial charge in [0.25, 0.3) is 0 Å². The molecule has 15 atom stereocenters. The third-order valence-electron chi connectivity index (χ3n) is 17.3. The van der Waals surface area contributed by atoms with E-state index in [0.717, 1.165) is 38.5 Å². The fourth-order valence-corrected chi connectivity index (χ4v) is 11.1. The summed E-state index contributed by atoms with van der Waals surface area (Å²) in [5.41, 5.74) is -1.41. The molecule has 3 aliphatic heterocycles. The molecule has 0 spiro atoms. The molecule has 0 aromatic carbocycles. The minimum Gasteiger partial charge on any atom is -0.481 e. The number of amides is 7. The molecule has 0 aliphatic carbocycles. The fourth-order valence-electron chi connectivity index (χ4n) is 11.1. The van der Waals surface area contributed by atoms with Crippen molar-refractivity contribution in [1.29, 1.82) is 0 Å². The van der Waals surface area contributed by atoms with Gasteiger partial charge in [0.15, 0.2) is 18.9 Å². The van der Waals surface area contributed by atoms with E-state index in [9.17, 15) is 99.6 Å². The highest BCUT2D eigenvalue weighted by Crippen LogP contribution is 2.25. The van der Waals surface area contributed by atoms with Crippen LogP contribution in [-0.4, -0.2) is 330 Å².